The van der Waals surface area contributed by atoms with Crippen LogP contribution < -0.4 is 0 Å². The van der Waals surface area contributed by atoms with E-state index in [4.69, 9.17) is 5.11 Å². The maximum atomic E-state index is 10.6. The third-order valence-electron chi connectivity index (χ3n) is 5.72. The van der Waals surface area contributed by atoms with E-state index < -0.39 is 12.1 Å². The van der Waals surface area contributed by atoms with Crippen LogP contribution in [0.4, 0.5) is 0 Å². The molecule has 0 aromatic heterocycles. The van der Waals surface area contributed by atoms with E-state index in [-0.39, 0.29) is 18.3 Å². The van der Waals surface area contributed by atoms with Gasteiger partial charge in [-0.2, -0.15) is 0 Å². The minimum Gasteiger partial charge on any atom is -0.512 e. The Bertz CT molecular complexity index is 607. The Hall–Kier alpha value is -1.73. The molecule has 3 N–H and O–H groups in total. The van der Waals surface area contributed by atoms with Crippen LogP contribution >= 0.6 is 0 Å². The summed E-state index contributed by atoms with van der Waals surface area (Å²) in [6.07, 6.45) is 9.64. The maximum absolute atomic E-state index is 10.6. The van der Waals surface area contributed by atoms with E-state index in [1.165, 1.54) is 5.57 Å². The lowest BCUT2D eigenvalue weighted by Gasteiger charge is -2.21. The smallest absolute Gasteiger partial charge is 0.303 e. The number of allylic oxidation sites excluding steroid dienone is 3. The number of rotatable bonds is 9. The second-order valence-electron chi connectivity index (χ2n) is 7.89. The molecule has 0 bridgehead atoms. The van der Waals surface area contributed by atoms with Gasteiger partial charge in [-0.25, -0.2) is 0 Å². The molecule has 2 aliphatic carbocycles. The molecule has 4 nitrogen and oxygen atoms in total. The predicted octanol–water partition coefficient (Wildman–Crippen LogP) is 4.46. The quantitative estimate of drug-likeness (QED) is 0.246. The van der Waals surface area contributed by atoms with Gasteiger partial charge in [-0.05, 0) is 69.3 Å². The molecule has 0 aromatic rings. The molecule has 2 rings (SSSR count). The Labute approximate surface area is 157 Å². The first-order valence-electron chi connectivity index (χ1n) is 9.80. The van der Waals surface area contributed by atoms with Crippen molar-refractivity contribution in [1.29, 1.82) is 0 Å². The third kappa shape index (κ3) is 5.64. The monoisotopic (exact) mass is 360 g/mol. The summed E-state index contributed by atoms with van der Waals surface area (Å²) in [4.78, 5) is 10.6. The van der Waals surface area contributed by atoms with Crippen molar-refractivity contribution in [3.8, 4) is 11.8 Å². The van der Waals surface area contributed by atoms with Gasteiger partial charge < -0.3 is 15.3 Å². The summed E-state index contributed by atoms with van der Waals surface area (Å²) in [7, 11) is 0. The molecule has 0 amide bonds. The summed E-state index contributed by atoms with van der Waals surface area (Å²) in [5, 5.41) is 29.7. The van der Waals surface area contributed by atoms with Crippen LogP contribution in [0.2, 0.25) is 0 Å². The fourth-order valence-electron chi connectivity index (χ4n) is 4.34. The fraction of sp³-hybridized carbons (Fsp3) is 0.682. The number of carboxylic acid groups (broad SMARTS) is 1. The topological polar surface area (TPSA) is 77.8 Å². The highest BCUT2D eigenvalue weighted by molar-refractivity contribution is 5.66. The molecule has 0 saturated heterocycles. The first-order valence-corrected chi connectivity index (χ1v) is 9.80. The molecule has 1 unspecified atom stereocenters. The number of unbranched alkanes of at least 4 members (excludes halogenated alkanes) is 1. The van der Waals surface area contributed by atoms with Crippen molar-refractivity contribution in [2.45, 2.75) is 71.3 Å². The molecule has 0 radical (unpaired) electrons. The van der Waals surface area contributed by atoms with Crippen molar-refractivity contribution in [3.63, 3.8) is 0 Å². The van der Waals surface area contributed by atoms with Gasteiger partial charge in [0, 0.05) is 18.8 Å². The average Bonchev–Trinajstić information content (AvgIpc) is 3.10. The highest BCUT2D eigenvalue weighted by atomic mass is 16.4. The number of aliphatic carboxylic acids is 1. The standard InChI is InChI=1S/C22H32O4/c1-3-4-7-15(2)10-11-19(23)22-18-13-16(8-5-6-9-21(25)26)12-17(18)14-20(22)24/h11-12,15,17-18,20,22-24H,5-10,13-14H2,1-2H3,(H,25,26)/t15?,17-,18-,20+,22+/m1/s1. The van der Waals surface area contributed by atoms with Crippen LogP contribution in [0.15, 0.2) is 23.5 Å². The van der Waals surface area contributed by atoms with E-state index in [1.54, 1.807) is 0 Å². The molecule has 0 aromatic carbocycles. The van der Waals surface area contributed by atoms with Crippen LogP contribution in [0.3, 0.4) is 0 Å². The van der Waals surface area contributed by atoms with Crippen molar-refractivity contribution in [1.82, 2.24) is 0 Å². The lowest BCUT2D eigenvalue weighted by Crippen LogP contribution is -2.22. The van der Waals surface area contributed by atoms with Gasteiger partial charge in [-0.3, -0.25) is 4.79 Å². The van der Waals surface area contributed by atoms with E-state index in [1.807, 2.05) is 13.0 Å². The number of aliphatic hydroxyl groups is 2. The molecule has 2 aliphatic rings. The molecule has 0 heterocycles. The van der Waals surface area contributed by atoms with Crippen LogP contribution in [0.25, 0.3) is 0 Å². The van der Waals surface area contributed by atoms with Crippen molar-refractivity contribution < 1.29 is 20.1 Å². The van der Waals surface area contributed by atoms with Gasteiger partial charge in [0.15, 0.2) is 0 Å². The second-order valence-corrected chi connectivity index (χ2v) is 7.89. The minimum absolute atomic E-state index is 0.169. The molecule has 0 aliphatic heterocycles. The van der Waals surface area contributed by atoms with Crippen LogP contribution in [-0.2, 0) is 4.79 Å². The Morgan fingerprint density at radius 3 is 2.85 bits per heavy atom. The molecule has 1 saturated carbocycles. The predicted molar refractivity (Wildman–Crippen MR) is 102 cm³/mol. The van der Waals surface area contributed by atoms with Crippen LogP contribution in [-0.4, -0.2) is 27.4 Å². The first kappa shape index (κ1) is 20.6. The number of aliphatic hydroxyl groups excluding tert-OH is 2. The number of carbonyl (C=O) groups is 1. The number of carboxylic acids is 1. The highest BCUT2D eigenvalue weighted by Gasteiger charge is 2.46. The Balaban J connectivity index is 1.87. The van der Waals surface area contributed by atoms with Gasteiger partial charge in [-0.15, -0.1) is 11.8 Å². The van der Waals surface area contributed by atoms with E-state index in [0.29, 0.717) is 30.4 Å². The zero-order valence-corrected chi connectivity index (χ0v) is 15.9. The highest BCUT2D eigenvalue weighted by Crippen LogP contribution is 2.49. The summed E-state index contributed by atoms with van der Waals surface area (Å²) in [6, 6.07) is 0. The minimum atomic E-state index is -0.736. The second kappa shape index (κ2) is 9.83. The maximum Gasteiger partial charge on any atom is 0.303 e. The Morgan fingerprint density at radius 2 is 2.15 bits per heavy atom. The van der Waals surface area contributed by atoms with Gasteiger partial charge in [0.1, 0.15) is 0 Å². The van der Waals surface area contributed by atoms with Crippen LogP contribution in [0.1, 0.15) is 65.2 Å². The van der Waals surface area contributed by atoms with Gasteiger partial charge in [-0.1, -0.05) is 18.6 Å². The van der Waals surface area contributed by atoms with Crippen LogP contribution in [0, 0.1) is 35.5 Å². The zero-order valence-electron chi connectivity index (χ0n) is 15.9. The first-order chi connectivity index (χ1) is 12.4. The van der Waals surface area contributed by atoms with E-state index in [9.17, 15) is 15.0 Å². The lowest BCUT2D eigenvalue weighted by atomic mass is 9.87. The molecule has 144 valence electrons. The van der Waals surface area contributed by atoms with Gasteiger partial charge in [0.25, 0.3) is 0 Å². The van der Waals surface area contributed by atoms with Gasteiger partial charge in [0.05, 0.1) is 11.9 Å². The van der Waals surface area contributed by atoms with Crippen molar-refractivity contribution >= 4 is 5.97 Å². The summed E-state index contributed by atoms with van der Waals surface area (Å²) in [6.45, 7) is 3.95. The molecule has 26 heavy (non-hydrogen) atoms. The van der Waals surface area contributed by atoms with Crippen LogP contribution in [0.5, 0.6) is 0 Å². The van der Waals surface area contributed by atoms with Crippen molar-refractivity contribution in [2.24, 2.45) is 23.7 Å². The molecule has 1 fully saturated rings. The average molecular weight is 360 g/mol. The zero-order chi connectivity index (χ0) is 19.1. The summed E-state index contributed by atoms with van der Waals surface area (Å²) in [5.41, 5.74) is 1.36. The summed E-state index contributed by atoms with van der Waals surface area (Å²) in [5.74, 6) is 6.41. The van der Waals surface area contributed by atoms with Crippen molar-refractivity contribution in [2.75, 3.05) is 0 Å². The third-order valence-corrected chi connectivity index (χ3v) is 5.72. The molecular weight excluding hydrogens is 328 g/mol. The van der Waals surface area contributed by atoms with E-state index >= 15 is 0 Å². The summed E-state index contributed by atoms with van der Waals surface area (Å²) >= 11 is 0. The number of fused-ring (bicyclic) bond motifs is 1. The molecule has 5 atom stereocenters. The van der Waals surface area contributed by atoms with Crippen molar-refractivity contribution in [3.05, 3.63) is 23.5 Å². The van der Waals surface area contributed by atoms with E-state index in [0.717, 1.165) is 32.1 Å². The Kier molecular flexibility index (Phi) is 7.78. The molecule has 4 heteroatoms. The number of hydrogen-bond donors (Lipinski definition) is 3. The summed E-state index contributed by atoms with van der Waals surface area (Å²) < 4.78 is 0. The van der Waals surface area contributed by atoms with Gasteiger partial charge >= 0.3 is 5.97 Å². The van der Waals surface area contributed by atoms with E-state index in [2.05, 4.69) is 24.8 Å². The van der Waals surface area contributed by atoms with Gasteiger partial charge in [0.2, 0.25) is 0 Å². The SMILES string of the molecule is CC#CCC(C)CC=C(O)[C@@H]1[C@@H]2CC(CCCCC(=O)O)=C[C@@H]2C[C@@H]1O. The molecular formula is C22H32O4. The number of hydrogen-bond acceptors (Lipinski definition) is 3. The fourth-order valence-corrected chi connectivity index (χ4v) is 4.34. The molecule has 0 spiro atoms. The normalized spacial score (nSPS) is 28.9. The lowest BCUT2D eigenvalue weighted by molar-refractivity contribution is -0.137. The largest absolute Gasteiger partial charge is 0.512 e. The Morgan fingerprint density at radius 1 is 1.38 bits per heavy atom.